The molecule has 8 heteroatoms. The number of hydrogen-bond donors (Lipinski definition) is 0. The number of esters is 1. The Morgan fingerprint density at radius 3 is 1.86 bits per heavy atom. The summed E-state index contributed by atoms with van der Waals surface area (Å²) in [4.78, 5) is 26.6. The van der Waals surface area contributed by atoms with Crippen LogP contribution in [0, 0.1) is 0 Å². The van der Waals surface area contributed by atoms with E-state index in [1.807, 2.05) is 24.3 Å². The molecule has 0 N–H and O–H groups in total. The highest BCUT2D eigenvalue weighted by atomic mass is 16.5. The fourth-order valence-corrected chi connectivity index (χ4v) is 4.68. The van der Waals surface area contributed by atoms with Gasteiger partial charge in [0.05, 0.1) is 47.0 Å². The van der Waals surface area contributed by atoms with Crippen LogP contribution in [0.3, 0.4) is 0 Å². The number of rotatable bonds is 7. The monoisotopic (exact) mass is 492 g/mol. The first-order chi connectivity index (χ1) is 17.4. The number of hydrogen-bond acceptors (Lipinski definition) is 8. The number of ether oxygens (including phenoxy) is 6. The van der Waals surface area contributed by atoms with Gasteiger partial charge in [-0.25, -0.2) is 0 Å². The first-order valence-corrected chi connectivity index (χ1v) is 11.2. The highest BCUT2D eigenvalue weighted by molar-refractivity contribution is 6.14. The molecule has 3 aromatic carbocycles. The molecule has 2 atom stereocenters. The first kappa shape index (κ1) is 24.9. The van der Waals surface area contributed by atoms with E-state index in [2.05, 4.69) is 0 Å². The maximum atomic E-state index is 14.2. The summed E-state index contributed by atoms with van der Waals surface area (Å²) in [6.45, 7) is 1.33. The lowest BCUT2D eigenvalue weighted by Crippen LogP contribution is -2.19. The maximum absolute atomic E-state index is 14.2. The zero-order chi connectivity index (χ0) is 26.0. The van der Waals surface area contributed by atoms with Gasteiger partial charge < -0.3 is 28.4 Å². The lowest BCUT2D eigenvalue weighted by molar-refractivity contribution is -0.147. The molecule has 8 nitrogen and oxygen atoms in total. The minimum absolute atomic E-state index is 0.290. The largest absolute Gasteiger partial charge is 0.497 e. The van der Waals surface area contributed by atoms with Crippen LogP contribution in [0.15, 0.2) is 48.5 Å². The topological polar surface area (TPSA) is 89.5 Å². The van der Waals surface area contributed by atoms with E-state index in [9.17, 15) is 9.59 Å². The Hall–Kier alpha value is -4.20. The van der Waals surface area contributed by atoms with Gasteiger partial charge in [-0.3, -0.25) is 9.59 Å². The fourth-order valence-electron chi connectivity index (χ4n) is 4.68. The number of ketones is 1. The van der Waals surface area contributed by atoms with Gasteiger partial charge in [0.1, 0.15) is 34.9 Å². The van der Waals surface area contributed by atoms with Crippen LogP contribution in [-0.4, -0.2) is 47.3 Å². The Morgan fingerprint density at radius 1 is 0.722 bits per heavy atom. The Bertz CT molecular complexity index is 1300. The van der Waals surface area contributed by atoms with Crippen LogP contribution in [-0.2, 0) is 9.53 Å². The lowest BCUT2D eigenvalue weighted by atomic mass is 9.82. The Kier molecular flexibility index (Phi) is 7.05. The molecule has 0 spiro atoms. The Morgan fingerprint density at radius 2 is 1.31 bits per heavy atom. The van der Waals surface area contributed by atoms with Crippen LogP contribution in [0.2, 0.25) is 0 Å². The van der Waals surface area contributed by atoms with E-state index in [-0.39, 0.29) is 11.3 Å². The van der Waals surface area contributed by atoms with Crippen LogP contribution in [0.4, 0.5) is 0 Å². The van der Waals surface area contributed by atoms with Gasteiger partial charge in [0, 0.05) is 30.2 Å². The Labute approximate surface area is 209 Å². The number of benzene rings is 3. The molecule has 0 aliphatic heterocycles. The average Bonchev–Trinajstić information content (AvgIpc) is 3.00. The minimum atomic E-state index is -0.909. The van der Waals surface area contributed by atoms with Crippen molar-refractivity contribution in [3.63, 3.8) is 0 Å². The smallest absolute Gasteiger partial charge is 0.303 e. The van der Waals surface area contributed by atoms with Gasteiger partial charge in [-0.05, 0) is 35.4 Å². The second-order valence-electron chi connectivity index (χ2n) is 8.19. The number of carbonyl (C=O) groups is 2. The van der Waals surface area contributed by atoms with E-state index in [0.717, 1.165) is 5.56 Å². The van der Waals surface area contributed by atoms with E-state index in [0.29, 0.717) is 45.4 Å². The third kappa shape index (κ3) is 4.30. The minimum Gasteiger partial charge on any atom is -0.497 e. The van der Waals surface area contributed by atoms with Crippen molar-refractivity contribution in [1.29, 1.82) is 0 Å². The molecule has 1 aliphatic carbocycles. The molecule has 188 valence electrons. The molecule has 0 saturated carbocycles. The van der Waals surface area contributed by atoms with Crippen LogP contribution in [0.5, 0.6) is 28.7 Å². The summed E-state index contributed by atoms with van der Waals surface area (Å²) < 4.78 is 33.6. The summed E-state index contributed by atoms with van der Waals surface area (Å²) in [5.41, 5.74) is 2.45. The van der Waals surface area contributed by atoms with Gasteiger partial charge in [-0.15, -0.1) is 0 Å². The molecule has 1 aliphatic rings. The summed E-state index contributed by atoms with van der Waals surface area (Å²) in [5.74, 6) is 0.861. The normalized spacial score (nSPS) is 16.2. The molecule has 0 amide bonds. The second kappa shape index (κ2) is 10.2. The van der Waals surface area contributed by atoms with Gasteiger partial charge in [-0.2, -0.15) is 0 Å². The zero-order valence-corrected chi connectivity index (χ0v) is 21.0. The zero-order valence-electron chi connectivity index (χ0n) is 21.0. The molecule has 0 unspecified atom stereocenters. The van der Waals surface area contributed by atoms with Crippen molar-refractivity contribution in [2.45, 2.75) is 18.9 Å². The molecule has 0 fully saturated rings. The second-order valence-corrected chi connectivity index (χ2v) is 8.19. The quantitative estimate of drug-likeness (QED) is 0.438. The predicted molar refractivity (Wildman–Crippen MR) is 132 cm³/mol. The van der Waals surface area contributed by atoms with E-state index in [1.54, 1.807) is 31.4 Å². The van der Waals surface area contributed by atoms with E-state index < -0.39 is 18.0 Å². The Balaban J connectivity index is 2.15. The molecule has 0 bridgehead atoms. The average molecular weight is 493 g/mol. The summed E-state index contributed by atoms with van der Waals surface area (Å²) in [7, 11) is 7.61. The summed E-state index contributed by atoms with van der Waals surface area (Å²) in [5, 5.41) is 0. The standard InChI is InChI=1S/C28H28O8/c1-15(29)36-28-24(16-7-9-17(31-2)10-8-16)20-11-18(32-3)13-22(34-5)25(20)27(30)21-12-19(33-4)14-23(35-6)26(21)28/h7-14,24,28H,1-6H3/t24-,28+/m1/s1. The van der Waals surface area contributed by atoms with Crippen molar-refractivity contribution < 1.29 is 38.0 Å². The van der Waals surface area contributed by atoms with Crippen molar-refractivity contribution in [1.82, 2.24) is 0 Å². The van der Waals surface area contributed by atoms with Crippen LogP contribution in [0.1, 0.15) is 51.6 Å². The predicted octanol–water partition coefficient (Wildman–Crippen LogP) is 4.71. The SMILES string of the molecule is COc1ccc([C@@H]2c3cc(OC)cc(OC)c3C(=O)c3cc(OC)cc(OC)c3[C@H]2OC(C)=O)cc1. The van der Waals surface area contributed by atoms with Gasteiger partial charge in [-0.1, -0.05) is 12.1 Å². The van der Waals surface area contributed by atoms with Crippen LogP contribution < -0.4 is 23.7 Å². The van der Waals surface area contributed by atoms with Crippen molar-refractivity contribution in [3.8, 4) is 28.7 Å². The third-order valence-corrected chi connectivity index (χ3v) is 6.29. The van der Waals surface area contributed by atoms with Gasteiger partial charge in [0.25, 0.3) is 0 Å². The van der Waals surface area contributed by atoms with Gasteiger partial charge in [0.15, 0.2) is 5.78 Å². The molecule has 0 heterocycles. The summed E-state index contributed by atoms with van der Waals surface area (Å²) in [6.07, 6.45) is -0.909. The van der Waals surface area contributed by atoms with E-state index in [4.69, 9.17) is 28.4 Å². The third-order valence-electron chi connectivity index (χ3n) is 6.29. The van der Waals surface area contributed by atoms with Crippen LogP contribution in [0.25, 0.3) is 0 Å². The van der Waals surface area contributed by atoms with Crippen molar-refractivity contribution in [2.75, 3.05) is 35.5 Å². The molecule has 4 rings (SSSR count). The van der Waals surface area contributed by atoms with E-state index >= 15 is 0 Å². The maximum Gasteiger partial charge on any atom is 0.303 e. The van der Waals surface area contributed by atoms with Crippen molar-refractivity contribution >= 4 is 11.8 Å². The highest BCUT2D eigenvalue weighted by Crippen LogP contribution is 2.51. The lowest BCUT2D eigenvalue weighted by Gasteiger charge is -2.29. The molecule has 0 aromatic heterocycles. The molecule has 36 heavy (non-hydrogen) atoms. The molecule has 3 aromatic rings. The van der Waals surface area contributed by atoms with Gasteiger partial charge >= 0.3 is 5.97 Å². The number of methoxy groups -OCH3 is 5. The molecular weight excluding hydrogens is 464 g/mol. The van der Waals surface area contributed by atoms with Crippen LogP contribution >= 0.6 is 0 Å². The van der Waals surface area contributed by atoms with Gasteiger partial charge in [0.2, 0.25) is 0 Å². The molecule has 0 saturated heterocycles. The van der Waals surface area contributed by atoms with E-state index in [1.165, 1.54) is 35.4 Å². The number of fused-ring (bicyclic) bond motifs is 2. The highest BCUT2D eigenvalue weighted by Gasteiger charge is 2.42. The van der Waals surface area contributed by atoms with Crippen molar-refractivity contribution in [3.05, 3.63) is 76.3 Å². The first-order valence-electron chi connectivity index (χ1n) is 11.2. The summed E-state index contributed by atoms with van der Waals surface area (Å²) >= 11 is 0. The molecule has 0 radical (unpaired) electrons. The summed E-state index contributed by atoms with van der Waals surface area (Å²) in [6, 6.07) is 14.1. The fraction of sp³-hybridized carbons (Fsp3) is 0.286. The van der Waals surface area contributed by atoms with Crippen molar-refractivity contribution in [2.24, 2.45) is 0 Å². The number of carbonyl (C=O) groups excluding carboxylic acids is 2. The molecular formula is C28H28O8.